The van der Waals surface area contributed by atoms with E-state index in [0.717, 1.165) is 44.9 Å². The lowest BCUT2D eigenvalue weighted by Gasteiger charge is -2.45. The maximum atomic E-state index is 12.2. The molecule has 230 valence electrons. The molecule has 11 atom stereocenters. The van der Waals surface area contributed by atoms with Crippen molar-refractivity contribution in [3.63, 3.8) is 0 Å². The van der Waals surface area contributed by atoms with Gasteiger partial charge < -0.3 is 49.4 Å². The number of carbonyl (C=O) groups is 2. The minimum atomic E-state index is -1.19. The average molecular weight is 574 g/mol. The number of carbonyl (C=O) groups excluding carboxylic acids is 1. The van der Waals surface area contributed by atoms with Crippen molar-refractivity contribution in [3.8, 4) is 0 Å². The molecule has 0 unspecified atom stereocenters. The molecule has 0 aromatic rings. The van der Waals surface area contributed by atoms with Gasteiger partial charge in [-0.05, 0) is 32.1 Å². The van der Waals surface area contributed by atoms with Crippen LogP contribution >= 0.6 is 0 Å². The normalized spacial score (nSPS) is 40.3. The molecule has 2 saturated heterocycles. The van der Waals surface area contributed by atoms with E-state index < -0.39 is 73.2 Å². The fourth-order valence-corrected chi connectivity index (χ4v) is 6.46. The molecular formula is C28H47NO11. The highest BCUT2D eigenvalue weighted by Crippen LogP contribution is 2.33. The number of carboxylic acids is 1. The number of aliphatic hydroxyl groups is 3. The summed E-state index contributed by atoms with van der Waals surface area (Å²) in [6.07, 6.45) is -0.0246. The number of aliphatic hydroxyl groups excluding tert-OH is 3. The smallest absolute Gasteiger partial charge is 0.332 e. The van der Waals surface area contributed by atoms with Gasteiger partial charge in [0.05, 0.1) is 31.0 Å². The zero-order valence-electron chi connectivity index (χ0n) is 23.6. The van der Waals surface area contributed by atoms with E-state index in [4.69, 9.17) is 23.7 Å². The van der Waals surface area contributed by atoms with E-state index in [-0.39, 0.29) is 18.6 Å². The molecule has 0 radical (unpaired) electrons. The number of nitrogens with one attached hydrogen (secondary N) is 1. The van der Waals surface area contributed by atoms with Crippen molar-refractivity contribution in [1.29, 1.82) is 0 Å². The molecule has 4 rings (SSSR count). The van der Waals surface area contributed by atoms with E-state index in [0.29, 0.717) is 25.7 Å². The Labute approximate surface area is 235 Å². The Morgan fingerprint density at radius 1 is 0.925 bits per heavy atom. The van der Waals surface area contributed by atoms with Crippen LogP contribution in [0.15, 0.2) is 0 Å². The van der Waals surface area contributed by atoms with E-state index in [2.05, 4.69) is 5.32 Å². The predicted molar refractivity (Wildman–Crippen MR) is 140 cm³/mol. The van der Waals surface area contributed by atoms with Crippen LogP contribution in [0.1, 0.15) is 84.5 Å². The SMILES string of the molecule is CC(=O)N[C@H]1[C@H](O[C@@H]2CCCC[C@H]2O[C@@H]2O[C@@H](C)C[C@@H](O)[C@@H]2O)OC[C@H](O)[C@@H]1O[C@@H](CC1CCCCC1)C(=O)O. The topological polar surface area (TPSA) is 173 Å². The second-order valence-electron chi connectivity index (χ2n) is 11.9. The number of ether oxygens (including phenoxy) is 5. The zero-order chi connectivity index (χ0) is 28.8. The first kappa shape index (κ1) is 31.6. The summed E-state index contributed by atoms with van der Waals surface area (Å²) >= 11 is 0. The molecule has 0 aromatic carbocycles. The van der Waals surface area contributed by atoms with Gasteiger partial charge in [0.2, 0.25) is 5.91 Å². The third-order valence-electron chi connectivity index (χ3n) is 8.57. The fraction of sp³-hybridized carbons (Fsp3) is 0.929. The number of carboxylic acid groups (broad SMARTS) is 1. The van der Waals surface area contributed by atoms with Gasteiger partial charge in [-0.3, -0.25) is 4.79 Å². The lowest BCUT2D eigenvalue weighted by Crippen LogP contribution is -2.63. The summed E-state index contributed by atoms with van der Waals surface area (Å²) < 4.78 is 30.1. The molecule has 2 saturated carbocycles. The number of hydrogen-bond acceptors (Lipinski definition) is 10. The molecule has 2 aliphatic carbocycles. The molecule has 0 bridgehead atoms. The van der Waals surface area contributed by atoms with Gasteiger partial charge in [-0.25, -0.2) is 4.79 Å². The first-order chi connectivity index (χ1) is 19.1. The van der Waals surface area contributed by atoms with Crippen LogP contribution < -0.4 is 5.32 Å². The lowest BCUT2D eigenvalue weighted by molar-refractivity contribution is -0.311. The summed E-state index contributed by atoms with van der Waals surface area (Å²) in [5, 5.41) is 44.1. The Kier molecular flexibility index (Phi) is 11.6. The van der Waals surface area contributed by atoms with Gasteiger partial charge in [-0.15, -0.1) is 0 Å². The highest BCUT2D eigenvalue weighted by atomic mass is 16.7. The Hall–Kier alpha value is -1.38. The van der Waals surface area contributed by atoms with E-state index >= 15 is 0 Å². The molecule has 5 N–H and O–H groups in total. The van der Waals surface area contributed by atoms with Crippen molar-refractivity contribution >= 4 is 11.9 Å². The highest BCUT2D eigenvalue weighted by molar-refractivity contribution is 5.73. The Bertz CT molecular complexity index is 824. The standard InChI is InChI=1S/C28H47NO11/c1-15-12-18(31)24(33)28(37-15)40-21-11-7-6-10-20(21)39-27-23(29-16(2)30)25(19(32)14-36-27)38-22(26(34)35)13-17-8-4-3-5-9-17/h15,17-25,27-28,31-33H,3-14H2,1-2H3,(H,29,30)(H,34,35)/t15-,18+,19-,20+,21+,22-,23+,24-,25-,27-,28-/m0/s1. The van der Waals surface area contributed by atoms with Gasteiger partial charge in [0.15, 0.2) is 18.7 Å². The van der Waals surface area contributed by atoms with Crippen LogP contribution in [-0.2, 0) is 33.3 Å². The largest absolute Gasteiger partial charge is 0.479 e. The van der Waals surface area contributed by atoms with Crippen molar-refractivity contribution in [2.45, 2.75) is 152 Å². The summed E-state index contributed by atoms with van der Waals surface area (Å²) in [7, 11) is 0. The van der Waals surface area contributed by atoms with Crippen molar-refractivity contribution < 1.29 is 53.7 Å². The third-order valence-corrected chi connectivity index (χ3v) is 8.57. The summed E-state index contributed by atoms with van der Waals surface area (Å²) in [5.74, 6) is -1.27. The van der Waals surface area contributed by atoms with Crippen LogP contribution in [-0.4, -0.2) is 106 Å². The van der Waals surface area contributed by atoms with Gasteiger partial charge in [0.25, 0.3) is 0 Å². The van der Waals surface area contributed by atoms with Crippen LogP contribution in [0.4, 0.5) is 0 Å². The van der Waals surface area contributed by atoms with Crippen LogP contribution in [0, 0.1) is 5.92 Å². The minimum absolute atomic E-state index is 0.159. The van der Waals surface area contributed by atoms with E-state index in [1.165, 1.54) is 6.92 Å². The molecule has 12 nitrogen and oxygen atoms in total. The molecule has 0 spiro atoms. The second-order valence-corrected chi connectivity index (χ2v) is 11.9. The van der Waals surface area contributed by atoms with E-state index in [1.807, 2.05) is 0 Å². The minimum Gasteiger partial charge on any atom is -0.479 e. The van der Waals surface area contributed by atoms with Crippen LogP contribution in [0.2, 0.25) is 0 Å². The summed E-state index contributed by atoms with van der Waals surface area (Å²) in [4.78, 5) is 24.4. The number of amides is 1. The van der Waals surface area contributed by atoms with Crippen molar-refractivity contribution in [2.24, 2.45) is 5.92 Å². The molecule has 1 amide bonds. The van der Waals surface area contributed by atoms with E-state index in [9.17, 15) is 30.0 Å². The van der Waals surface area contributed by atoms with Gasteiger partial charge >= 0.3 is 5.97 Å². The quantitative estimate of drug-likeness (QED) is 0.254. The van der Waals surface area contributed by atoms with Gasteiger partial charge in [0.1, 0.15) is 24.4 Å². The summed E-state index contributed by atoms with van der Waals surface area (Å²) in [6, 6.07) is -0.963. The number of aliphatic carboxylic acids is 1. The summed E-state index contributed by atoms with van der Waals surface area (Å²) in [6.45, 7) is 2.97. The molecule has 2 heterocycles. The van der Waals surface area contributed by atoms with Crippen molar-refractivity contribution in [2.75, 3.05) is 6.61 Å². The highest BCUT2D eigenvalue weighted by Gasteiger charge is 2.47. The van der Waals surface area contributed by atoms with E-state index in [1.54, 1.807) is 6.92 Å². The summed E-state index contributed by atoms with van der Waals surface area (Å²) in [5.41, 5.74) is 0. The Morgan fingerprint density at radius 2 is 1.55 bits per heavy atom. The molecule has 2 aliphatic heterocycles. The maximum absolute atomic E-state index is 12.2. The van der Waals surface area contributed by atoms with Gasteiger partial charge in [-0.1, -0.05) is 44.9 Å². The third kappa shape index (κ3) is 8.34. The van der Waals surface area contributed by atoms with Crippen LogP contribution in [0.5, 0.6) is 0 Å². The second kappa shape index (κ2) is 14.7. The molecular weight excluding hydrogens is 526 g/mol. The Balaban J connectivity index is 1.46. The number of hydrogen-bond donors (Lipinski definition) is 5. The molecule has 4 aliphatic rings. The van der Waals surface area contributed by atoms with Crippen molar-refractivity contribution in [1.82, 2.24) is 5.32 Å². The molecule has 0 aromatic heterocycles. The van der Waals surface area contributed by atoms with Crippen LogP contribution in [0.3, 0.4) is 0 Å². The molecule has 12 heteroatoms. The molecule has 40 heavy (non-hydrogen) atoms. The van der Waals surface area contributed by atoms with Crippen molar-refractivity contribution in [3.05, 3.63) is 0 Å². The van der Waals surface area contributed by atoms with Gasteiger partial charge in [-0.2, -0.15) is 0 Å². The predicted octanol–water partition coefficient (Wildman–Crippen LogP) is 1.22. The number of rotatable bonds is 10. The van der Waals surface area contributed by atoms with Gasteiger partial charge in [0, 0.05) is 13.3 Å². The lowest BCUT2D eigenvalue weighted by atomic mass is 9.85. The maximum Gasteiger partial charge on any atom is 0.332 e. The monoisotopic (exact) mass is 573 g/mol. The first-order valence-electron chi connectivity index (χ1n) is 14.9. The fourth-order valence-electron chi connectivity index (χ4n) is 6.46. The Morgan fingerprint density at radius 3 is 2.17 bits per heavy atom. The molecule has 4 fully saturated rings. The first-order valence-corrected chi connectivity index (χ1v) is 14.9. The zero-order valence-corrected chi connectivity index (χ0v) is 23.6. The van der Waals surface area contributed by atoms with Crippen LogP contribution in [0.25, 0.3) is 0 Å². The average Bonchev–Trinajstić information content (AvgIpc) is 2.91.